The van der Waals surface area contributed by atoms with Crippen molar-refractivity contribution in [1.82, 2.24) is 0 Å². The minimum atomic E-state index is -4.65. The van der Waals surface area contributed by atoms with Gasteiger partial charge in [-0.3, -0.25) is 0 Å². The summed E-state index contributed by atoms with van der Waals surface area (Å²) >= 11 is 0. The van der Waals surface area contributed by atoms with Crippen molar-refractivity contribution in [2.24, 2.45) is 5.73 Å². The molecule has 0 aliphatic carbocycles. The van der Waals surface area contributed by atoms with Crippen LogP contribution in [0.25, 0.3) is 0 Å². The lowest BCUT2D eigenvalue weighted by molar-refractivity contribution is -0.258. The number of aliphatic hydroxyl groups is 1. The average Bonchev–Trinajstić information content (AvgIpc) is 1.62. The molecule has 0 amide bonds. The maximum atomic E-state index is 11.8. The molecule has 0 saturated heterocycles. The zero-order valence-corrected chi connectivity index (χ0v) is 6.96. The lowest BCUT2D eigenvalue weighted by atomic mass is 9.98. The van der Waals surface area contributed by atoms with Crippen LogP contribution in [0.2, 0.25) is 0 Å². The van der Waals surface area contributed by atoms with E-state index in [9.17, 15) is 13.2 Å². The Morgan fingerprint density at radius 1 is 1.36 bits per heavy atom. The van der Waals surface area contributed by atoms with E-state index in [2.05, 4.69) is 0 Å². The molecule has 2 nitrogen and oxygen atoms in total. The lowest BCUT2D eigenvalue weighted by Crippen LogP contribution is -2.54. The average molecular weight is 194 g/mol. The normalized spacial score (nSPS) is 19.9. The Morgan fingerprint density at radius 2 is 1.64 bits per heavy atom. The van der Waals surface area contributed by atoms with Gasteiger partial charge in [0.25, 0.3) is 0 Å². The highest BCUT2D eigenvalue weighted by Gasteiger charge is 2.52. The first-order valence-electron chi connectivity index (χ1n) is 2.74. The molecular weight excluding hydrogens is 183 g/mol. The summed E-state index contributed by atoms with van der Waals surface area (Å²) in [5, 5.41) is 8.68. The summed E-state index contributed by atoms with van der Waals surface area (Å²) in [7, 11) is 0. The number of hydrogen-bond donors (Lipinski definition) is 2. The second-order valence-corrected chi connectivity index (χ2v) is 2.43. The second kappa shape index (κ2) is 3.60. The molecule has 0 spiro atoms. The van der Waals surface area contributed by atoms with Crippen LogP contribution in [0.15, 0.2) is 0 Å². The molecule has 0 aromatic heterocycles. The largest absolute Gasteiger partial charge is 0.418 e. The third-order valence-electron chi connectivity index (χ3n) is 1.46. The summed E-state index contributed by atoms with van der Waals surface area (Å²) in [4.78, 5) is 0. The van der Waals surface area contributed by atoms with Crippen molar-refractivity contribution in [2.75, 3.05) is 0 Å². The van der Waals surface area contributed by atoms with Crippen LogP contribution in [0, 0.1) is 0 Å². The van der Waals surface area contributed by atoms with E-state index in [0.29, 0.717) is 6.92 Å². The number of alkyl halides is 3. The molecule has 0 aromatic carbocycles. The van der Waals surface area contributed by atoms with Crippen LogP contribution in [-0.4, -0.2) is 22.9 Å². The van der Waals surface area contributed by atoms with Gasteiger partial charge in [0.05, 0.1) is 0 Å². The summed E-state index contributed by atoms with van der Waals surface area (Å²) < 4.78 is 35.3. The first-order valence-corrected chi connectivity index (χ1v) is 2.74. The standard InChI is InChI=1S/C5H10F3NO.ClH/c1-3(9)4(2,10)5(6,7)8;/h3,10H,9H2,1-2H3;1H/t3-,4-;/m1./s1. The Morgan fingerprint density at radius 3 is 1.64 bits per heavy atom. The smallest absolute Gasteiger partial charge is 0.379 e. The molecule has 0 radical (unpaired) electrons. The molecule has 6 heteroatoms. The minimum absolute atomic E-state index is 0. The quantitative estimate of drug-likeness (QED) is 0.655. The van der Waals surface area contributed by atoms with Crippen molar-refractivity contribution >= 4 is 12.4 Å². The molecule has 0 heterocycles. The van der Waals surface area contributed by atoms with Crippen molar-refractivity contribution in [3.8, 4) is 0 Å². The number of rotatable bonds is 1. The zero-order valence-electron chi connectivity index (χ0n) is 6.14. The first kappa shape index (κ1) is 13.6. The molecule has 0 rings (SSSR count). The molecule has 0 aliphatic rings. The fourth-order valence-corrected chi connectivity index (χ4v) is 0.258. The monoisotopic (exact) mass is 193 g/mol. The van der Waals surface area contributed by atoms with Crippen molar-refractivity contribution in [1.29, 1.82) is 0 Å². The molecule has 0 unspecified atom stereocenters. The molecule has 0 saturated carbocycles. The van der Waals surface area contributed by atoms with Crippen LogP contribution in [-0.2, 0) is 0 Å². The molecule has 2 atom stereocenters. The summed E-state index contributed by atoms with van der Waals surface area (Å²) in [6.45, 7) is 1.76. The Kier molecular flexibility index (Phi) is 4.44. The molecule has 0 fully saturated rings. The Bertz CT molecular complexity index is 123. The summed E-state index contributed by atoms with van der Waals surface area (Å²) in [5.74, 6) is 0. The highest BCUT2D eigenvalue weighted by molar-refractivity contribution is 5.85. The van der Waals surface area contributed by atoms with Gasteiger partial charge in [-0.1, -0.05) is 0 Å². The molecule has 11 heavy (non-hydrogen) atoms. The summed E-state index contributed by atoms with van der Waals surface area (Å²) in [6.07, 6.45) is -4.65. The highest BCUT2D eigenvalue weighted by atomic mass is 35.5. The van der Waals surface area contributed by atoms with Crippen molar-refractivity contribution in [3.05, 3.63) is 0 Å². The maximum Gasteiger partial charge on any atom is 0.418 e. The van der Waals surface area contributed by atoms with Crippen LogP contribution < -0.4 is 5.73 Å². The van der Waals surface area contributed by atoms with Gasteiger partial charge in [0, 0.05) is 6.04 Å². The van der Waals surface area contributed by atoms with E-state index in [1.165, 1.54) is 0 Å². The van der Waals surface area contributed by atoms with Gasteiger partial charge in [-0.05, 0) is 13.8 Å². The van der Waals surface area contributed by atoms with Crippen LogP contribution in [0.1, 0.15) is 13.8 Å². The number of halogens is 4. The van der Waals surface area contributed by atoms with Crippen molar-refractivity contribution in [2.45, 2.75) is 31.7 Å². The Balaban J connectivity index is 0. The molecule has 0 bridgehead atoms. The first-order chi connectivity index (χ1) is 4.19. The second-order valence-electron chi connectivity index (χ2n) is 2.43. The van der Waals surface area contributed by atoms with Crippen molar-refractivity contribution in [3.63, 3.8) is 0 Å². The maximum absolute atomic E-state index is 11.8. The van der Waals surface area contributed by atoms with Gasteiger partial charge < -0.3 is 10.8 Å². The van der Waals surface area contributed by atoms with Gasteiger partial charge in [0.2, 0.25) is 0 Å². The van der Waals surface area contributed by atoms with Gasteiger partial charge in [0.15, 0.2) is 5.60 Å². The van der Waals surface area contributed by atoms with Gasteiger partial charge in [-0.2, -0.15) is 13.2 Å². The van der Waals surface area contributed by atoms with E-state index in [1.807, 2.05) is 0 Å². The topological polar surface area (TPSA) is 46.2 Å². The van der Waals surface area contributed by atoms with Crippen LogP contribution in [0.4, 0.5) is 13.2 Å². The third kappa shape index (κ3) is 2.84. The van der Waals surface area contributed by atoms with Crippen LogP contribution in [0.5, 0.6) is 0 Å². The van der Waals surface area contributed by atoms with E-state index in [-0.39, 0.29) is 12.4 Å². The van der Waals surface area contributed by atoms with E-state index < -0.39 is 17.8 Å². The highest BCUT2D eigenvalue weighted by Crippen LogP contribution is 2.31. The number of nitrogens with two attached hydrogens (primary N) is 1. The fraction of sp³-hybridized carbons (Fsp3) is 1.00. The predicted octanol–water partition coefficient (Wildman–Crippen LogP) is 1.07. The van der Waals surface area contributed by atoms with Gasteiger partial charge in [-0.15, -0.1) is 12.4 Å². The molecule has 0 aromatic rings. The zero-order chi connectivity index (χ0) is 8.58. The summed E-state index contributed by atoms with van der Waals surface area (Å²) in [5.41, 5.74) is 2.10. The van der Waals surface area contributed by atoms with E-state index in [0.717, 1.165) is 6.92 Å². The van der Waals surface area contributed by atoms with E-state index in [1.54, 1.807) is 0 Å². The SMILES string of the molecule is C[C@@H](N)[C@@](C)(O)C(F)(F)F.Cl. The molecular formula is C5H11ClF3NO. The summed E-state index contributed by atoms with van der Waals surface area (Å²) in [6, 6.07) is -1.31. The predicted molar refractivity (Wildman–Crippen MR) is 37.6 cm³/mol. The Labute approximate surface area is 69.0 Å². The van der Waals surface area contributed by atoms with Crippen molar-refractivity contribution < 1.29 is 18.3 Å². The van der Waals surface area contributed by atoms with Gasteiger partial charge in [-0.25, -0.2) is 0 Å². The van der Waals surface area contributed by atoms with E-state index >= 15 is 0 Å². The molecule has 3 N–H and O–H groups in total. The Hall–Kier alpha value is -0.0000000000000000555. The van der Waals surface area contributed by atoms with Crippen LogP contribution >= 0.6 is 12.4 Å². The molecule has 70 valence electrons. The van der Waals surface area contributed by atoms with E-state index in [4.69, 9.17) is 10.8 Å². The fourth-order valence-electron chi connectivity index (χ4n) is 0.258. The minimum Gasteiger partial charge on any atom is -0.379 e. The van der Waals surface area contributed by atoms with Crippen LogP contribution in [0.3, 0.4) is 0 Å². The number of hydrogen-bond acceptors (Lipinski definition) is 2. The van der Waals surface area contributed by atoms with Gasteiger partial charge >= 0.3 is 6.18 Å². The molecule has 0 aliphatic heterocycles. The lowest BCUT2D eigenvalue weighted by Gasteiger charge is -2.29. The third-order valence-corrected chi connectivity index (χ3v) is 1.46. The van der Waals surface area contributed by atoms with Gasteiger partial charge in [0.1, 0.15) is 0 Å².